The lowest BCUT2D eigenvalue weighted by Gasteiger charge is -2.26. The second-order valence-corrected chi connectivity index (χ2v) is 5.60. The topological polar surface area (TPSA) is 41.6 Å². The molecule has 19 heavy (non-hydrogen) atoms. The number of hydrogen-bond donors (Lipinski definition) is 1. The molecule has 1 fully saturated rings. The highest BCUT2D eigenvalue weighted by Gasteiger charge is 2.12. The van der Waals surface area contributed by atoms with Crippen LogP contribution >= 0.6 is 11.8 Å². The van der Waals surface area contributed by atoms with Gasteiger partial charge in [-0.2, -0.15) is 0 Å². The third-order valence-electron chi connectivity index (χ3n) is 3.07. The Hall–Kier alpha value is -1.20. The number of benzene rings is 1. The Morgan fingerprint density at radius 3 is 2.58 bits per heavy atom. The zero-order valence-corrected chi connectivity index (χ0v) is 12.0. The molecule has 0 radical (unpaired) electrons. The van der Waals surface area contributed by atoms with E-state index in [0.717, 1.165) is 23.7 Å². The van der Waals surface area contributed by atoms with Gasteiger partial charge in [0.25, 0.3) is 0 Å². The van der Waals surface area contributed by atoms with Gasteiger partial charge in [-0.3, -0.25) is 10.2 Å². The molecule has 5 heteroatoms. The van der Waals surface area contributed by atoms with E-state index in [0.29, 0.717) is 5.75 Å². The van der Waals surface area contributed by atoms with Gasteiger partial charge in [-0.1, -0.05) is 6.42 Å². The molecular formula is C14H20N2O2S. The summed E-state index contributed by atoms with van der Waals surface area (Å²) in [7, 11) is 1.65. The molecule has 0 bridgehead atoms. The predicted octanol–water partition coefficient (Wildman–Crippen LogP) is 2.30. The van der Waals surface area contributed by atoms with Gasteiger partial charge in [0.05, 0.1) is 12.9 Å². The van der Waals surface area contributed by atoms with Gasteiger partial charge in [-0.05, 0) is 37.1 Å². The highest BCUT2D eigenvalue weighted by Crippen LogP contribution is 2.21. The highest BCUT2D eigenvalue weighted by atomic mass is 32.2. The molecule has 1 heterocycles. The molecule has 0 aromatic heterocycles. The van der Waals surface area contributed by atoms with Crippen molar-refractivity contribution in [1.82, 2.24) is 10.4 Å². The van der Waals surface area contributed by atoms with Gasteiger partial charge in [0.1, 0.15) is 5.75 Å². The van der Waals surface area contributed by atoms with Crippen molar-refractivity contribution >= 4 is 17.7 Å². The van der Waals surface area contributed by atoms with E-state index in [-0.39, 0.29) is 5.91 Å². The monoisotopic (exact) mass is 280 g/mol. The number of ether oxygens (including phenoxy) is 1. The quantitative estimate of drug-likeness (QED) is 0.840. The molecule has 104 valence electrons. The smallest absolute Gasteiger partial charge is 0.244 e. The molecule has 1 aliphatic rings. The zero-order valence-electron chi connectivity index (χ0n) is 11.2. The van der Waals surface area contributed by atoms with Crippen LogP contribution in [0.15, 0.2) is 29.2 Å². The van der Waals surface area contributed by atoms with E-state index in [1.165, 1.54) is 19.3 Å². The van der Waals surface area contributed by atoms with Crippen molar-refractivity contribution in [3.8, 4) is 5.75 Å². The third kappa shape index (κ3) is 4.76. The standard InChI is InChI=1S/C14H20N2O2S/c1-18-12-5-7-13(8-6-12)19-11-14(17)15-16-9-3-2-4-10-16/h5-8H,2-4,9-11H2,1H3,(H,15,17). The average Bonchev–Trinajstić information content (AvgIpc) is 2.47. The van der Waals surface area contributed by atoms with E-state index in [1.807, 2.05) is 29.3 Å². The number of carbonyl (C=O) groups is 1. The Bertz CT molecular complexity index is 402. The minimum Gasteiger partial charge on any atom is -0.497 e. The van der Waals surface area contributed by atoms with Crippen LogP contribution in [0.5, 0.6) is 5.75 Å². The van der Waals surface area contributed by atoms with E-state index in [1.54, 1.807) is 18.9 Å². The van der Waals surface area contributed by atoms with Crippen LogP contribution < -0.4 is 10.2 Å². The van der Waals surface area contributed by atoms with Crippen molar-refractivity contribution in [2.75, 3.05) is 26.0 Å². The first-order valence-corrected chi connectivity index (χ1v) is 7.58. The Balaban J connectivity index is 1.72. The minimum absolute atomic E-state index is 0.0720. The Morgan fingerprint density at radius 1 is 1.26 bits per heavy atom. The van der Waals surface area contributed by atoms with Crippen molar-refractivity contribution in [3.05, 3.63) is 24.3 Å². The fourth-order valence-electron chi connectivity index (χ4n) is 2.04. The number of nitrogens with one attached hydrogen (secondary N) is 1. The van der Waals surface area contributed by atoms with Crippen LogP contribution in [0.4, 0.5) is 0 Å². The van der Waals surface area contributed by atoms with Gasteiger partial charge in [0, 0.05) is 18.0 Å². The van der Waals surface area contributed by atoms with Gasteiger partial charge in [-0.25, -0.2) is 5.01 Å². The van der Waals surface area contributed by atoms with E-state index in [9.17, 15) is 4.79 Å². The summed E-state index contributed by atoms with van der Waals surface area (Å²) >= 11 is 1.54. The lowest BCUT2D eigenvalue weighted by atomic mass is 10.2. The Labute approximate surface area is 118 Å². The molecule has 0 aliphatic carbocycles. The first-order valence-electron chi connectivity index (χ1n) is 6.59. The fraction of sp³-hybridized carbons (Fsp3) is 0.500. The molecule has 1 aromatic rings. The summed E-state index contributed by atoms with van der Waals surface area (Å²) in [6.45, 7) is 1.94. The fourth-order valence-corrected chi connectivity index (χ4v) is 2.73. The summed E-state index contributed by atoms with van der Waals surface area (Å²) in [4.78, 5) is 12.9. The van der Waals surface area contributed by atoms with E-state index in [2.05, 4.69) is 5.43 Å². The summed E-state index contributed by atoms with van der Waals surface area (Å²) < 4.78 is 5.10. The van der Waals surface area contributed by atoms with Crippen LogP contribution in [0.1, 0.15) is 19.3 Å². The zero-order chi connectivity index (χ0) is 13.5. The lowest BCUT2D eigenvalue weighted by molar-refractivity contribution is -0.123. The van der Waals surface area contributed by atoms with Crippen LogP contribution in [0.2, 0.25) is 0 Å². The summed E-state index contributed by atoms with van der Waals surface area (Å²) in [5, 5.41) is 2.03. The summed E-state index contributed by atoms with van der Waals surface area (Å²) in [5.74, 6) is 1.35. The first-order chi connectivity index (χ1) is 9.28. The SMILES string of the molecule is COc1ccc(SCC(=O)NN2CCCCC2)cc1. The number of piperidine rings is 1. The molecule has 0 unspecified atom stereocenters. The highest BCUT2D eigenvalue weighted by molar-refractivity contribution is 8.00. The van der Waals surface area contributed by atoms with Crippen molar-refractivity contribution in [3.63, 3.8) is 0 Å². The van der Waals surface area contributed by atoms with Gasteiger partial charge in [0.2, 0.25) is 5.91 Å². The molecule has 0 atom stereocenters. The summed E-state index contributed by atoms with van der Waals surface area (Å²) in [5.41, 5.74) is 2.96. The second kappa shape index (κ2) is 7.40. The Morgan fingerprint density at radius 2 is 1.95 bits per heavy atom. The van der Waals surface area contributed by atoms with Crippen molar-refractivity contribution in [1.29, 1.82) is 0 Å². The van der Waals surface area contributed by atoms with Crippen molar-refractivity contribution in [2.24, 2.45) is 0 Å². The number of methoxy groups -OCH3 is 1. The molecule has 0 spiro atoms. The number of hydrogen-bond acceptors (Lipinski definition) is 4. The molecule has 1 aromatic carbocycles. The molecule has 1 amide bonds. The number of rotatable bonds is 5. The summed E-state index contributed by atoms with van der Waals surface area (Å²) in [6.07, 6.45) is 3.62. The van der Waals surface area contributed by atoms with Gasteiger partial charge >= 0.3 is 0 Å². The average molecular weight is 280 g/mol. The van der Waals surface area contributed by atoms with Crippen LogP contribution in [-0.2, 0) is 4.79 Å². The van der Waals surface area contributed by atoms with Crippen LogP contribution in [-0.4, -0.2) is 36.9 Å². The van der Waals surface area contributed by atoms with E-state index >= 15 is 0 Å². The number of carbonyl (C=O) groups excluding carboxylic acids is 1. The second-order valence-electron chi connectivity index (χ2n) is 4.55. The predicted molar refractivity (Wildman–Crippen MR) is 77.3 cm³/mol. The first kappa shape index (κ1) is 14.2. The van der Waals surface area contributed by atoms with Gasteiger partial charge in [0.15, 0.2) is 0 Å². The largest absolute Gasteiger partial charge is 0.497 e. The number of nitrogens with zero attached hydrogens (tertiary/aromatic N) is 1. The molecule has 0 saturated carbocycles. The molecule has 1 aliphatic heterocycles. The van der Waals surface area contributed by atoms with Crippen LogP contribution in [0, 0.1) is 0 Å². The minimum atomic E-state index is 0.0720. The maximum Gasteiger partial charge on any atom is 0.244 e. The third-order valence-corrected chi connectivity index (χ3v) is 4.08. The van der Waals surface area contributed by atoms with Crippen molar-refractivity contribution < 1.29 is 9.53 Å². The number of amides is 1. The maximum absolute atomic E-state index is 11.8. The summed E-state index contributed by atoms with van der Waals surface area (Å²) in [6, 6.07) is 7.76. The normalized spacial score (nSPS) is 16.1. The van der Waals surface area contributed by atoms with E-state index < -0.39 is 0 Å². The van der Waals surface area contributed by atoms with Crippen LogP contribution in [0.25, 0.3) is 0 Å². The molecule has 2 rings (SSSR count). The molecule has 1 N–H and O–H groups in total. The molecule has 1 saturated heterocycles. The molecular weight excluding hydrogens is 260 g/mol. The van der Waals surface area contributed by atoms with E-state index in [4.69, 9.17) is 4.74 Å². The maximum atomic E-state index is 11.8. The van der Waals surface area contributed by atoms with Gasteiger partial charge in [-0.15, -0.1) is 11.8 Å². The number of hydrazine groups is 1. The Kier molecular flexibility index (Phi) is 5.54. The molecule has 4 nitrogen and oxygen atoms in total. The van der Waals surface area contributed by atoms with Crippen LogP contribution in [0.3, 0.4) is 0 Å². The number of thioether (sulfide) groups is 1. The lowest BCUT2D eigenvalue weighted by Crippen LogP contribution is -2.45. The van der Waals surface area contributed by atoms with Crippen molar-refractivity contribution in [2.45, 2.75) is 24.2 Å². The van der Waals surface area contributed by atoms with Gasteiger partial charge < -0.3 is 4.74 Å².